The Bertz CT molecular complexity index is 487. The maximum atomic E-state index is 12.6. The largest absolute Gasteiger partial charge is 0.367 e. The number of carbonyl (C=O) groups is 1. The van der Waals surface area contributed by atoms with Crippen LogP contribution in [0.5, 0.6) is 0 Å². The third kappa shape index (κ3) is 3.10. The lowest BCUT2D eigenvalue weighted by Gasteiger charge is -2.32. The number of primary amides is 1. The molecule has 0 aromatic carbocycles. The van der Waals surface area contributed by atoms with Crippen molar-refractivity contribution in [1.29, 1.82) is 0 Å². The summed E-state index contributed by atoms with van der Waals surface area (Å²) in [4.78, 5) is 16.7. The molecule has 1 unspecified atom stereocenters. The van der Waals surface area contributed by atoms with Gasteiger partial charge in [0.15, 0.2) is 6.10 Å². The van der Waals surface area contributed by atoms with E-state index in [2.05, 4.69) is 4.98 Å². The van der Waals surface area contributed by atoms with E-state index in [0.29, 0.717) is 19.0 Å². The molecule has 0 spiro atoms. The molecule has 2 N–H and O–H groups in total. The molecule has 0 aliphatic carbocycles. The van der Waals surface area contributed by atoms with Crippen LogP contribution >= 0.6 is 11.6 Å². The molecule has 1 aliphatic heterocycles. The van der Waals surface area contributed by atoms with Gasteiger partial charge in [-0.3, -0.25) is 4.79 Å². The van der Waals surface area contributed by atoms with Gasteiger partial charge in [0.2, 0.25) is 5.91 Å². The predicted octanol–water partition coefficient (Wildman–Crippen LogP) is 1.36. The van der Waals surface area contributed by atoms with Crippen molar-refractivity contribution in [3.8, 4) is 0 Å². The van der Waals surface area contributed by atoms with Crippen LogP contribution in [-0.2, 0) is 9.53 Å². The van der Waals surface area contributed by atoms with Gasteiger partial charge in [-0.15, -0.1) is 0 Å². The fourth-order valence-electron chi connectivity index (χ4n) is 1.79. The Balaban J connectivity index is 2.18. The van der Waals surface area contributed by atoms with E-state index in [0.717, 1.165) is 6.20 Å². The highest BCUT2D eigenvalue weighted by Gasteiger charge is 2.26. The van der Waals surface area contributed by atoms with Gasteiger partial charge >= 0.3 is 0 Å². The van der Waals surface area contributed by atoms with Gasteiger partial charge in [-0.2, -0.15) is 0 Å². The van der Waals surface area contributed by atoms with Crippen molar-refractivity contribution in [2.75, 3.05) is 24.6 Å². The minimum atomic E-state index is -2.67. The number of amides is 1. The molecule has 1 aliphatic rings. The number of ether oxygens (including phenoxy) is 1. The van der Waals surface area contributed by atoms with Gasteiger partial charge in [-0.1, -0.05) is 11.6 Å². The third-order valence-corrected chi connectivity index (χ3v) is 3.14. The fourth-order valence-corrected chi connectivity index (χ4v) is 2.02. The quantitative estimate of drug-likeness (QED) is 0.913. The van der Waals surface area contributed by atoms with Gasteiger partial charge < -0.3 is 15.4 Å². The monoisotopic (exact) mass is 291 g/mol. The first-order valence-electron chi connectivity index (χ1n) is 5.58. The molecule has 5 nitrogen and oxygen atoms in total. The second kappa shape index (κ2) is 5.66. The van der Waals surface area contributed by atoms with E-state index in [1.165, 1.54) is 6.07 Å². The van der Waals surface area contributed by atoms with Gasteiger partial charge in [0.25, 0.3) is 6.43 Å². The van der Waals surface area contributed by atoms with Gasteiger partial charge in [0.05, 0.1) is 23.7 Å². The lowest BCUT2D eigenvalue weighted by Crippen LogP contribution is -2.48. The smallest absolute Gasteiger partial charge is 0.266 e. The summed E-state index contributed by atoms with van der Waals surface area (Å²) < 4.78 is 30.3. The van der Waals surface area contributed by atoms with E-state index in [9.17, 15) is 13.6 Å². The zero-order valence-electron chi connectivity index (χ0n) is 9.85. The van der Waals surface area contributed by atoms with Crippen molar-refractivity contribution in [2.24, 2.45) is 5.73 Å². The number of hydrogen-bond acceptors (Lipinski definition) is 4. The number of halogens is 3. The lowest BCUT2D eigenvalue weighted by atomic mass is 10.2. The Morgan fingerprint density at radius 1 is 1.63 bits per heavy atom. The highest BCUT2D eigenvalue weighted by Crippen LogP contribution is 2.29. The van der Waals surface area contributed by atoms with Crippen molar-refractivity contribution < 1.29 is 18.3 Å². The molecule has 1 aromatic heterocycles. The van der Waals surface area contributed by atoms with Crippen molar-refractivity contribution >= 4 is 23.3 Å². The number of rotatable bonds is 3. The summed E-state index contributed by atoms with van der Waals surface area (Å²) in [5, 5.41) is -0.0536. The molecule has 1 amide bonds. The number of aromatic nitrogens is 1. The highest BCUT2D eigenvalue weighted by atomic mass is 35.5. The zero-order valence-corrected chi connectivity index (χ0v) is 10.6. The van der Waals surface area contributed by atoms with E-state index < -0.39 is 18.4 Å². The van der Waals surface area contributed by atoms with Crippen LogP contribution in [0.1, 0.15) is 12.0 Å². The Labute approximate surface area is 113 Å². The molecule has 0 saturated carbocycles. The maximum absolute atomic E-state index is 12.6. The van der Waals surface area contributed by atoms with E-state index in [4.69, 9.17) is 22.1 Å². The number of carbonyl (C=O) groups excluding carboxylic acids is 1. The number of nitrogens with two attached hydrogens (primary N) is 1. The zero-order chi connectivity index (χ0) is 14.0. The summed E-state index contributed by atoms with van der Waals surface area (Å²) in [5.41, 5.74) is 4.85. The van der Waals surface area contributed by atoms with E-state index in [-0.39, 0.29) is 17.1 Å². The molecule has 0 radical (unpaired) electrons. The first-order valence-corrected chi connectivity index (χ1v) is 5.96. The molecule has 1 fully saturated rings. The van der Waals surface area contributed by atoms with Crippen LogP contribution in [0.3, 0.4) is 0 Å². The van der Waals surface area contributed by atoms with Crippen LogP contribution in [-0.4, -0.2) is 36.7 Å². The SMILES string of the molecule is NC(=O)C1CN(c2cc(Cl)c(C(F)F)cn2)CCO1. The third-order valence-electron chi connectivity index (χ3n) is 2.81. The van der Waals surface area contributed by atoms with Crippen molar-refractivity contribution in [3.63, 3.8) is 0 Å². The van der Waals surface area contributed by atoms with Gasteiger partial charge in [-0.25, -0.2) is 13.8 Å². The second-order valence-corrected chi connectivity index (χ2v) is 4.48. The molecule has 2 rings (SSSR count). The lowest BCUT2D eigenvalue weighted by molar-refractivity contribution is -0.130. The van der Waals surface area contributed by atoms with Crippen molar-refractivity contribution in [2.45, 2.75) is 12.5 Å². The van der Waals surface area contributed by atoms with E-state index >= 15 is 0 Å². The number of morpholine rings is 1. The molecular formula is C11H12ClF2N3O2. The van der Waals surface area contributed by atoms with Crippen LogP contribution < -0.4 is 10.6 Å². The van der Waals surface area contributed by atoms with Crippen LogP contribution in [0.2, 0.25) is 5.02 Å². The molecule has 1 aromatic rings. The van der Waals surface area contributed by atoms with Gasteiger partial charge in [0, 0.05) is 12.7 Å². The Morgan fingerprint density at radius 2 is 2.37 bits per heavy atom. The minimum Gasteiger partial charge on any atom is -0.367 e. The molecule has 104 valence electrons. The normalized spacial score (nSPS) is 19.8. The number of hydrogen-bond donors (Lipinski definition) is 1. The predicted molar refractivity (Wildman–Crippen MR) is 65.4 cm³/mol. The van der Waals surface area contributed by atoms with Crippen LogP contribution in [0.15, 0.2) is 12.3 Å². The molecule has 2 heterocycles. The standard InChI is InChI=1S/C11H12ClF2N3O2/c12-7-3-9(16-4-6(7)10(13)14)17-1-2-19-8(5-17)11(15)18/h3-4,8,10H,1-2,5H2,(H2,15,18). The molecule has 0 bridgehead atoms. The van der Waals surface area contributed by atoms with Crippen molar-refractivity contribution in [1.82, 2.24) is 4.98 Å². The first-order chi connectivity index (χ1) is 8.99. The van der Waals surface area contributed by atoms with E-state index in [1.54, 1.807) is 4.90 Å². The summed E-state index contributed by atoms with van der Waals surface area (Å²) in [6.45, 7) is 1.03. The fraction of sp³-hybridized carbons (Fsp3) is 0.455. The number of anilines is 1. The minimum absolute atomic E-state index is 0.0536. The molecule has 8 heteroatoms. The molecule has 1 atom stereocenters. The maximum Gasteiger partial charge on any atom is 0.266 e. The molecule has 1 saturated heterocycles. The second-order valence-electron chi connectivity index (χ2n) is 4.07. The molecular weight excluding hydrogens is 280 g/mol. The Kier molecular flexibility index (Phi) is 4.16. The van der Waals surface area contributed by atoms with Gasteiger partial charge in [-0.05, 0) is 6.07 Å². The summed E-state index contributed by atoms with van der Waals surface area (Å²) >= 11 is 5.77. The highest BCUT2D eigenvalue weighted by molar-refractivity contribution is 6.31. The number of alkyl halides is 2. The molecule has 19 heavy (non-hydrogen) atoms. The van der Waals surface area contributed by atoms with Crippen LogP contribution in [0, 0.1) is 0 Å². The number of pyridine rings is 1. The summed E-state index contributed by atoms with van der Waals surface area (Å²) in [6, 6.07) is 1.35. The summed E-state index contributed by atoms with van der Waals surface area (Å²) in [5.74, 6) is -0.149. The average molecular weight is 292 g/mol. The number of nitrogens with zero attached hydrogens (tertiary/aromatic N) is 2. The van der Waals surface area contributed by atoms with Crippen LogP contribution in [0.25, 0.3) is 0 Å². The van der Waals surface area contributed by atoms with E-state index in [1.807, 2.05) is 0 Å². The Hall–Kier alpha value is -1.47. The average Bonchev–Trinajstić information content (AvgIpc) is 2.38. The first kappa shape index (κ1) is 14.0. The Morgan fingerprint density at radius 3 is 2.95 bits per heavy atom. The van der Waals surface area contributed by atoms with Gasteiger partial charge in [0.1, 0.15) is 5.82 Å². The topological polar surface area (TPSA) is 68.5 Å². The van der Waals surface area contributed by atoms with Crippen molar-refractivity contribution in [3.05, 3.63) is 22.8 Å². The van der Waals surface area contributed by atoms with Crippen LogP contribution in [0.4, 0.5) is 14.6 Å². The summed E-state index contributed by atoms with van der Waals surface area (Å²) in [6.07, 6.45) is -2.36. The summed E-state index contributed by atoms with van der Waals surface area (Å²) in [7, 11) is 0.